The Hall–Kier alpha value is -2.69. The summed E-state index contributed by atoms with van der Waals surface area (Å²) in [4.78, 5) is 4.81. The zero-order valence-corrected chi connectivity index (χ0v) is 20.0. The molecule has 0 N–H and O–H groups in total. The smallest absolute Gasteiger partial charge is 0.137 e. The minimum Gasteiger partial charge on any atom is -0.294 e. The summed E-state index contributed by atoms with van der Waals surface area (Å²) in [5.41, 5.74) is 3.71. The highest BCUT2D eigenvalue weighted by Crippen LogP contribution is 2.43. The van der Waals surface area contributed by atoms with Gasteiger partial charge in [0, 0.05) is 41.6 Å². The third-order valence-corrected chi connectivity index (χ3v) is 7.70. The van der Waals surface area contributed by atoms with Crippen LogP contribution in [0.1, 0.15) is 26.3 Å². The van der Waals surface area contributed by atoms with E-state index in [4.69, 9.17) is 4.98 Å². The summed E-state index contributed by atoms with van der Waals surface area (Å²) in [7, 11) is 0. The fourth-order valence-corrected chi connectivity index (χ4v) is 6.01. The summed E-state index contributed by atoms with van der Waals surface area (Å²) in [6.07, 6.45) is 1.93. The van der Waals surface area contributed by atoms with Gasteiger partial charge in [-0.1, -0.05) is 61.0 Å². The van der Waals surface area contributed by atoms with E-state index < -0.39 is 0 Å². The molecule has 0 fully saturated rings. The van der Waals surface area contributed by atoms with E-state index in [-0.39, 0.29) is 5.41 Å². The standard InChI is InChI=1S/C27H21BrN2S/c1-27(2,3)16-12-13-29-24(14-16)30-20-10-11-23-26(19-6-4-5-7-22(19)31-23)25(20)18-9-8-17(28)15-21(18)30/h4-15H,1-3H3. The fraction of sp³-hybridized carbons (Fsp3) is 0.148. The van der Waals surface area contributed by atoms with Gasteiger partial charge in [0.2, 0.25) is 0 Å². The number of fused-ring (bicyclic) bond motifs is 7. The summed E-state index contributed by atoms with van der Waals surface area (Å²) in [6.45, 7) is 6.74. The summed E-state index contributed by atoms with van der Waals surface area (Å²) in [5, 5.41) is 5.23. The molecule has 3 aromatic heterocycles. The lowest BCUT2D eigenvalue weighted by molar-refractivity contribution is 0.588. The maximum absolute atomic E-state index is 4.81. The lowest BCUT2D eigenvalue weighted by atomic mass is 9.88. The van der Waals surface area contributed by atoms with Crippen LogP contribution in [-0.2, 0) is 5.41 Å². The van der Waals surface area contributed by atoms with Crippen LogP contribution < -0.4 is 0 Å². The number of nitrogens with zero attached hydrogens (tertiary/aromatic N) is 2. The van der Waals surface area contributed by atoms with E-state index in [9.17, 15) is 0 Å². The molecule has 3 heterocycles. The molecular weight excluding hydrogens is 464 g/mol. The van der Waals surface area contributed by atoms with Crippen molar-refractivity contribution in [3.05, 3.63) is 83.0 Å². The molecule has 0 spiro atoms. The van der Waals surface area contributed by atoms with Crippen LogP contribution in [-0.4, -0.2) is 9.55 Å². The van der Waals surface area contributed by atoms with Gasteiger partial charge in [0.05, 0.1) is 11.0 Å². The zero-order valence-electron chi connectivity index (χ0n) is 17.6. The van der Waals surface area contributed by atoms with E-state index in [0.29, 0.717) is 0 Å². The molecule has 2 nitrogen and oxygen atoms in total. The van der Waals surface area contributed by atoms with Crippen molar-refractivity contribution in [1.29, 1.82) is 0 Å². The topological polar surface area (TPSA) is 17.8 Å². The van der Waals surface area contributed by atoms with Gasteiger partial charge in [0.15, 0.2) is 0 Å². The lowest BCUT2D eigenvalue weighted by Gasteiger charge is -2.20. The molecule has 0 unspecified atom stereocenters. The molecule has 4 heteroatoms. The van der Waals surface area contributed by atoms with Crippen molar-refractivity contribution in [2.24, 2.45) is 0 Å². The third kappa shape index (κ3) is 2.85. The number of aromatic nitrogens is 2. The number of halogens is 1. The van der Waals surface area contributed by atoms with Gasteiger partial charge < -0.3 is 0 Å². The Balaban J connectivity index is 1.82. The van der Waals surface area contributed by atoms with Gasteiger partial charge in [-0.25, -0.2) is 4.98 Å². The summed E-state index contributed by atoms with van der Waals surface area (Å²) in [6, 6.07) is 24.2. The predicted molar refractivity (Wildman–Crippen MR) is 138 cm³/mol. The Labute approximate surface area is 193 Å². The number of pyridine rings is 1. The molecule has 0 amide bonds. The van der Waals surface area contributed by atoms with E-state index in [1.807, 2.05) is 17.5 Å². The average molecular weight is 485 g/mol. The van der Waals surface area contributed by atoms with Crippen molar-refractivity contribution < 1.29 is 0 Å². The minimum absolute atomic E-state index is 0.0634. The molecule has 0 aliphatic heterocycles. The summed E-state index contributed by atoms with van der Waals surface area (Å²) < 4.78 is 6.04. The van der Waals surface area contributed by atoms with E-state index in [2.05, 4.69) is 108 Å². The molecule has 0 aliphatic carbocycles. The fourth-order valence-electron chi connectivity index (χ4n) is 4.55. The largest absolute Gasteiger partial charge is 0.294 e. The van der Waals surface area contributed by atoms with Gasteiger partial charge in [0.1, 0.15) is 5.82 Å². The number of rotatable bonds is 1. The summed E-state index contributed by atoms with van der Waals surface area (Å²) >= 11 is 5.56. The van der Waals surface area contributed by atoms with Gasteiger partial charge in [0.25, 0.3) is 0 Å². The molecule has 0 saturated carbocycles. The first kappa shape index (κ1) is 19.0. The molecule has 31 heavy (non-hydrogen) atoms. The second kappa shape index (κ2) is 6.65. The van der Waals surface area contributed by atoms with Gasteiger partial charge in [-0.2, -0.15) is 0 Å². The maximum atomic E-state index is 4.81. The quantitative estimate of drug-likeness (QED) is 0.228. The predicted octanol–water partition coefficient (Wildman–Crippen LogP) is 8.61. The summed E-state index contributed by atoms with van der Waals surface area (Å²) in [5.74, 6) is 0.962. The van der Waals surface area contributed by atoms with Crippen molar-refractivity contribution in [1.82, 2.24) is 9.55 Å². The lowest BCUT2D eigenvalue weighted by Crippen LogP contribution is -2.12. The molecule has 6 aromatic rings. The van der Waals surface area contributed by atoms with Crippen LogP contribution in [0.2, 0.25) is 0 Å². The average Bonchev–Trinajstić information content (AvgIpc) is 3.28. The Morgan fingerprint density at radius 1 is 0.806 bits per heavy atom. The maximum Gasteiger partial charge on any atom is 0.137 e. The monoisotopic (exact) mass is 484 g/mol. The Morgan fingerprint density at radius 2 is 1.65 bits per heavy atom. The Kier molecular flexibility index (Phi) is 4.08. The van der Waals surface area contributed by atoms with Gasteiger partial charge in [-0.15, -0.1) is 11.3 Å². The zero-order chi connectivity index (χ0) is 21.3. The van der Waals surface area contributed by atoms with E-state index in [1.54, 1.807) is 0 Å². The molecule has 0 aliphatic rings. The van der Waals surface area contributed by atoms with E-state index in [0.717, 1.165) is 10.3 Å². The molecule has 3 aromatic carbocycles. The van der Waals surface area contributed by atoms with Crippen molar-refractivity contribution in [2.75, 3.05) is 0 Å². The molecule has 6 rings (SSSR count). The van der Waals surface area contributed by atoms with Crippen LogP contribution in [0.5, 0.6) is 0 Å². The highest BCUT2D eigenvalue weighted by molar-refractivity contribution is 9.10. The first-order valence-corrected chi connectivity index (χ1v) is 12.0. The van der Waals surface area contributed by atoms with Crippen LogP contribution in [0.15, 0.2) is 77.4 Å². The molecule has 0 bridgehead atoms. The Bertz CT molecular complexity index is 1630. The van der Waals surface area contributed by atoms with Crippen molar-refractivity contribution in [2.45, 2.75) is 26.2 Å². The number of benzene rings is 3. The Morgan fingerprint density at radius 3 is 2.48 bits per heavy atom. The van der Waals surface area contributed by atoms with Crippen LogP contribution in [0.3, 0.4) is 0 Å². The highest BCUT2D eigenvalue weighted by atomic mass is 79.9. The van der Waals surface area contributed by atoms with Gasteiger partial charge in [-0.05, 0) is 53.4 Å². The number of thiophene rings is 1. The van der Waals surface area contributed by atoms with Crippen LogP contribution >= 0.6 is 27.3 Å². The second-order valence-corrected chi connectivity index (χ2v) is 11.1. The molecular formula is C27H21BrN2S. The second-order valence-electron chi connectivity index (χ2n) is 9.08. The first-order valence-electron chi connectivity index (χ1n) is 10.4. The third-order valence-electron chi connectivity index (χ3n) is 6.07. The minimum atomic E-state index is 0.0634. The molecule has 0 radical (unpaired) electrons. The highest BCUT2D eigenvalue weighted by Gasteiger charge is 2.20. The normalized spacial score (nSPS) is 12.5. The van der Waals surface area contributed by atoms with Gasteiger partial charge >= 0.3 is 0 Å². The molecule has 152 valence electrons. The number of hydrogen-bond acceptors (Lipinski definition) is 2. The van der Waals surface area contributed by atoms with E-state index in [1.165, 1.54) is 47.5 Å². The van der Waals surface area contributed by atoms with Crippen LogP contribution in [0.25, 0.3) is 47.8 Å². The number of hydrogen-bond donors (Lipinski definition) is 0. The van der Waals surface area contributed by atoms with Crippen LogP contribution in [0.4, 0.5) is 0 Å². The van der Waals surface area contributed by atoms with Crippen molar-refractivity contribution in [3.63, 3.8) is 0 Å². The van der Waals surface area contributed by atoms with E-state index >= 15 is 0 Å². The molecule has 0 atom stereocenters. The molecule has 0 saturated heterocycles. The van der Waals surface area contributed by atoms with Crippen molar-refractivity contribution >= 4 is 69.2 Å². The van der Waals surface area contributed by atoms with Crippen LogP contribution in [0, 0.1) is 0 Å². The SMILES string of the molecule is CC(C)(C)c1ccnc(-n2c3cc(Br)ccc3c3c4c(ccc32)sc2ccccc24)c1. The first-order chi connectivity index (χ1) is 14.9. The van der Waals surface area contributed by atoms with Gasteiger partial charge in [-0.3, -0.25) is 4.57 Å². The van der Waals surface area contributed by atoms with Crippen molar-refractivity contribution in [3.8, 4) is 5.82 Å².